The molecule has 0 heterocycles. The monoisotopic (exact) mass is 400 g/mol. The van der Waals surface area contributed by atoms with Crippen LogP contribution in [0.15, 0.2) is 23.8 Å². The largest absolute Gasteiger partial charge is 0.392 e. The first-order valence-corrected chi connectivity index (χ1v) is 12.4. The van der Waals surface area contributed by atoms with Crippen molar-refractivity contribution in [2.45, 2.75) is 98.2 Å². The van der Waals surface area contributed by atoms with Crippen LogP contribution in [-0.4, -0.2) is 22.4 Å². The lowest BCUT2D eigenvalue weighted by atomic mass is 9.47. The van der Waals surface area contributed by atoms with Gasteiger partial charge in [-0.25, -0.2) is 0 Å². The molecule has 0 radical (unpaired) electrons. The molecule has 0 aromatic heterocycles. The highest BCUT2D eigenvalue weighted by atomic mass is 16.3. The fourth-order valence-electron chi connectivity index (χ4n) is 8.22. The van der Waals surface area contributed by atoms with Crippen LogP contribution in [0.25, 0.3) is 0 Å². The van der Waals surface area contributed by atoms with Gasteiger partial charge in [0.15, 0.2) is 0 Å². The second kappa shape index (κ2) is 7.83. The molecule has 0 aromatic carbocycles. The van der Waals surface area contributed by atoms with Gasteiger partial charge in [0, 0.05) is 11.8 Å². The molecule has 2 nitrogen and oxygen atoms in total. The molecule has 2 N–H and O–H groups in total. The van der Waals surface area contributed by atoms with E-state index in [9.17, 15) is 10.2 Å². The summed E-state index contributed by atoms with van der Waals surface area (Å²) in [5, 5.41) is 21.2. The first-order valence-electron chi connectivity index (χ1n) is 12.4. The Kier molecular flexibility index (Phi) is 5.84. The first kappa shape index (κ1) is 21.6. The summed E-state index contributed by atoms with van der Waals surface area (Å²) in [6.07, 6.45) is 15.7. The number of hydrogen-bond acceptors (Lipinski definition) is 2. The van der Waals surface area contributed by atoms with Crippen molar-refractivity contribution in [3.63, 3.8) is 0 Å². The van der Waals surface area contributed by atoms with Crippen LogP contribution in [0.1, 0.15) is 86.0 Å². The Morgan fingerprint density at radius 2 is 1.79 bits per heavy atom. The molecule has 2 unspecified atom stereocenters. The fourth-order valence-corrected chi connectivity index (χ4v) is 8.22. The lowest BCUT2D eigenvalue weighted by Gasteiger charge is -2.58. The molecule has 0 saturated heterocycles. The standard InChI is InChI=1S/C27H44O2/c1-17(2)7-6-8-18(3)22-11-12-23-21-10-9-19-15-20(28)16-25(29)27(19,5)24(21)13-14-26(22,23)4/h9-10,15,17-18,20-25,28-29H,6-8,11-14,16H2,1-5H3/t18-,20?,21+,22-,23+,24+,25?,26-,27+/m1/s1. The highest BCUT2D eigenvalue weighted by Gasteiger charge is 2.60. The molecule has 0 aromatic rings. The molecule has 2 heteroatoms. The maximum absolute atomic E-state index is 11.0. The zero-order chi connectivity index (χ0) is 21.0. The Labute approximate surface area is 178 Å². The lowest BCUT2D eigenvalue weighted by molar-refractivity contribution is -0.0805. The lowest BCUT2D eigenvalue weighted by Crippen LogP contribution is -2.54. The van der Waals surface area contributed by atoms with E-state index in [0.29, 0.717) is 23.7 Å². The van der Waals surface area contributed by atoms with E-state index < -0.39 is 12.2 Å². The van der Waals surface area contributed by atoms with Crippen LogP contribution in [0.2, 0.25) is 0 Å². The van der Waals surface area contributed by atoms with Crippen molar-refractivity contribution in [1.29, 1.82) is 0 Å². The number of aliphatic hydroxyl groups excluding tert-OH is 2. The van der Waals surface area contributed by atoms with Crippen molar-refractivity contribution in [2.24, 2.45) is 46.3 Å². The number of hydrogen-bond donors (Lipinski definition) is 2. The molecule has 2 saturated carbocycles. The summed E-state index contributed by atoms with van der Waals surface area (Å²) in [6, 6.07) is 0. The van der Waals surface area contributed by atoms with Gasteiger partial charge in [0.25, 0.3) is 0 Å². The van der Waals surface area contributed by atoms with Crippen molar-refractivity contribution in [3.8, 4) is 0 Å². The molecule has 4 rings (SSSR count). The third-order valence-corrected chi connectivity index (χ3v) is 9.95. The van der Waals surface area contributed by atoms with Crippen molar-refractivity contribution < 1.29 is 10.2 Å². The zero-order valence-electron chi connectivity index (χ0n) is 19.4. The summed E-state index contributed by atoms with van der Waals surface area (Å²) in [6.45, 7) is 12.1. The molecular weight excluding hydrogens is 356 g/mol. The quantitative estimate of drug-likeness (QED) is 0.582. The molecule has 0 spiro atoms. The van der Waals surface area contributed by atoms with Gasteiger partial charge in [-0.15, -0.1) is 0 Å². The Balaban J connectivity index is 1.55. The molecule has 4 aliphatic carbocycles. The van der Waals surface area contributed by atoms with Crippen LogP contribution in [-0.2, 0) is 0 Å². The Morgan fingerprint density at radius 3 is 2.52 bits per heavy atom. The van der Waals surface area contributed by atoms with Crippen molar-refractivity contribution in [3.05, 3.63) is 23.8 Å². The van der Waals surface area contributed by atoms with Gasteiger partial charge in [-0.3, -0.25) is 0 Å². The average molecular weight is 401 g/mol. The van der Waals surface area contributed by atoms with Gasteiger partial charge in [0.05, 0.1) is 12.2 Å². The third-order valence-electron chi connectivity index (χ3n) is 9.95. The van der Waals surface area contributed by atoms with E-state index in [2.05, 4.69) is 46.8 Å². The maximum Gasteiger partial charge on any atom is 0.0751 e. The van der Waals surface area contributed by atoms with Crippen LogP contribution < -0.4 is 0 Å². The molecular formula is C27H44O2. The van der Waals surface area contributed by atoms with Gasteiger partial charge >= 0.3 is 0 Å². The normalized spacial score (nSPS) is 47.4. The van der Waals surface area contributed by atoms with Crippen molar-refractivity contribution in [2.75, 3.05) is 0 Å². The van der Waals surface area contributed by atoms with E-state index in [1.807, 2.05) is 6.08 Å². The molecule has 0 amide bonds. The fraction of sp³-hybridized carbons (Fsp3) is 0.852. The number of aliphatic hydroxyl groups is 2. The molecule has 4 aliphatic rings. The minimum atomic E-state index is -0.495. The van der Waals surface area contributed by atoms with Crippen molar-refractivity contribution in [1.82, 2.24) is 0 Å². The zero-order valence-corrected chi connectivity index (χ0v) is 19.4. The summed E-state index contributed by atoms with van der Waals surface area (Å²) >= 11 is 0. The van der Waals surface area contributed by atoms with E-state index in [1.165, 1.54) is 50.5 Å². The van der Waals surface area contributed by atoms with Gasteiger partial charge in [-0.1, -0.05) is 72.1 Å². The second-order valence-corrected chi connectivity index (χ2v) is 11.9. The predicted molar refractivity (Wildman–Crippen MR) is 120 cm³/mol. The number of allylic oxidation sites excluding steroid dienone is 2. The summed E-state index contributed by atoms with van der Waals surface area (Å²) in [7, 11) is 0. The topological polar surface area (TPSA) is 40.5 Å². The van der Waals surface area contributed by atoms with Gasteiger partial charge in [-0.05, 0) is 72.2 Å². The maximum atomic E-state index is 11.0. The van der Waals surface area contributed by atoms with E-state index in [-0.39, 0.29) is 5.41 Å². The summed E-state index contributed by atoms with van der Waals surface area (Å²) in [5.74, 6) is 4.38. The number of rotatable bonds is 5. The van der Waals surface area contributed by atoms with Crippen LogP contribution in [0.3, 0.4) is 0 Å². The minimum Gasteiger partial charge on any atom is -0.392 e. The predicted octanol–water partition coefficient (Wildman–Crippen LogP) is 6.14. The average Bonchev–Trinajstić information content (AvgIpc) is 3.00. The van der Waals surface area contributed by atoms with E-state index in [4.69, 9.17) is 0 Å². The van der Waals surface area contributed by atoms with Crippen LogP contribution in [0.5, 0.6) is 0 Å². The van der Waals surface area contributed by atoms with Crippen LogP contribution in [0, 0.1) is 46.3 Å². The second-order valence-electron chi connectivity index (χ2n) is 11.9. The summed E-state index contributed by atoms with van der Waals surface area (Å²) in [4.78, 5) is 0. The molecule has 29 heavy (non-hydrogen) atoms. The molecule has 164 valence electrons. The minimum absolute atomic E-state index is 0.180. The highest BCUT2D eigenvalue weighted by molar-refractivity contribution is 5.38. The van der Waals surface area contributed by atoms with Crippen LogP contribution in [0.4, 0.5) is 0 Å². The number of fused-ring (bicyclic) bond motifs is 5. The third kappa shape index (κ3) is 3.47. The Morgan fingerprint density at radius 1 is 1.03 bits per heavy atom. The van der Waals surface area contributed by atoms with Crippen molar-refractivity contribution >= 4 is 0 Å². The van der Waals surface area contributed by atoms with E-state index >= 15 is 0 Å². The smallest absolute Gasteiger partial charge is 0.0751 e. The molecule has 2 fully saturated rings. The summed E-state index contributed by atoms with van der Waals surface area (Å²) in [5.41, 5.74) is 1.46. The molecule has 9 atom stereocenters. The molecule has 0 aliphatic heterocycles. The van der Waals surface area contributed by atoms with Gasteiger partial charge < -0.3 is 10.2 Å². The SMILES string of the molecule is CC(C)CCC[C@@H](C)[C@H]1CC[C@H]2[C@@H]3C=CC4=CC(O)CC(O)[C@]4(C)[C@H]3CC[C@]12C. The highest BCUT2D eigenvalue weighted by Crippen LogP contribution is 2.66. The Hall–Kier alpha value is -0.600. The first-order chi connectivity index (χ1) is 13.7. The van der Waals surface area contributed by atoms with E-state index in [0.717, 1.165) is 23.7 Å². The van der Waals surface area contributed by atoms with Crippen LogP contribution >= 0.6 is 0 Å². The Bertz CT molecular complexity index is 663. The van der Waals surface area contributed by atoms with Gasteiger partial charge in [-0.2, -0.15) is 0 Å². The van der Waals surface area contributed by atoms with E-state index in [1.54, 1.807) is 0 Å². The summed E-state index contributed by atoms with van der Waals surface area (Å²) < 4.78 is 0. The van der Waals surface area contributed by atoms with Gasteiger partial charge in [0.2, 0.25) is 0 Å². The van der Waals surface area contributed by atoms with Gasteiger partial charge in [0.1, 0.15) is 0 Å². The molecule has 0 bridgehead atoms.